The summed E-state index contributed by atoms with van der Waals surface area (Å²) < 4.78 is 5.25. The van der Waals surface area contributed by atoms with E-state index in [0.29, 0.717) is 0 Å². The van der Waals surface area contributed by atoms with Crippen LogP contribution in [0.25, 0.3) is 5.57 Å². The summed E-state index contributed by atoms with van der Waals surface area (Å²) in [6.45, 7) is 0.279. The van der Waals surface area contributed by atoms with E-state index in [-0.39, 0.29) is 13.2 Å². The molecule has 6 nitrogen and oxygen atoms in total. The van der Waals surface area contributed by atoms with Crippen molar-refractivity contribution in [2.24, 2.45) is 0 Å². The third-order valence-corrected chi connectivity index (χ3v) is 3.76. The summed E-state index contributed by atoms with van der Waals surface area (Å²) in [6.07, 6.45) is 4.19. The molecule has 1 aromatic carbocycles. The molecule has 0 saturated heterocycles. The Hall–Kier alpha value is -3.15. The van der Waals surface area contributed by atoms with Crippen LogP contribution < -0.4 is 0 Å². The highest BCUT2D eigenvalue weighted by molar-refractivity contribution is 5.89. The van der Waals surface area contributed by atoms with Gasteiger partial charge < -0.3 is 9.84 Å². The number of amides is 1. The molecule has 1 amide bonds. The lowest BCUT2D eigenvalue weighted by Crippen LogP contribution is -2.41. The Morgan fingerprint density at radius 2 is 2.00 bits per heavy atom. The first kappa shape index (κ1) is 15.7. The molecule has 6 heteroatoms. The largest absolute Gasteiger partial charge is 0.479 e. The molecule has 0 radical (unpaired) electrons. The number of rotatable bonds is 4. The van der Waals surface area contributed by atoms with Gasteiger partial charge in [0.15, 0.2) is 6.04 Å². The van der Waals surface area contributed by atoms with Crippen molar-refractivity contribution in [2.75, 3.05) is 6.54 Å². The molecular formula is C18H16N2O4. The summed E-state index contributed by atoms with van der Waals surface area (Å²) in [5.41, 5.74) is 2.38. The zero-order chi connectivity index (χ0) is 16.9. The van der Waals surface area contributed by atoms with Crippen LogP contribution in [0.2, 0.25) is 0 Å². The molecule has 1 N–H and O–H groups in total. The molecule has 2 heterocycles. The predicted octanol–water partition coefficient (Wildman–Crippen LogP) is 2.57. The van der Waals surface area contributed by atoms with E-state index in [9.17, 15) is 14.7 Å². The van der Waals surface area contributed by atoms with Crippen molar-refractivity contribution >= 4 is 17.6 Å². The number of aliphatic carboxylic acids is 1. The molecule has 1 atom stereocenters. The van der Waals surface area contributed by atoms with Gasteiger partial charge in [-0.05, 0) is 28.8 Å². The number of carboxylic acids is 1. The summed E-state index contributed by atoms with van der Waals surface area (Å²) in [4.78, 5) is 29.0. The normalized spacial score (nSPS) is 16.6. The molecule has 0 bridgehead atoms. The standard InChI is InChI=1S/C18H16N2O4/c21-17(22)16-9-15(14-7-4-8-19-10-14)11-20(16)18(23)24-12-13-5-2-1-3-6-13/h1-10,16H,11-12H2,(H,21,22)/t16-/m0/s1. The number of hydrogen-bond donors (Lipinski definition) is 1. The number of carbonyl (C=O) groups is 2. The van der Waals surface area contributed by atoms with Crippen LogP contribution in [0.1, 0.15) is 11.1 Å². The van der Waals surface area contributed by atoms with Crippen molar-refractivity contribution in [1.82, 2.24) is 9.88 Å². The van der Waals surface area contributed by atoms with E-state index >= 15 is 0 Å². The molecule has 0 spiro atoms. The van der Waals surface area contributed by atoms with E-state index < -0.39 is 18.1 Å². The molecule has 0 saturated carbocycles. The van der Waals surface area contributed by atoms with Crippen molar-refractivity contribution < 1.29 is 19.4 Å². The number of aromatic nitrogens is 1. The zero-order valence-corrected chi connectivity index (χ0v) is 12.8. The summed E-state index contributed by atoms with van der Waals surface area (Å²) in [5.74, 6) is -1.09. The smallest absolute Gasteiger partial charge is 0.411 e. The monoisotopic (exact) mass is 324 g/mol. The highest BCUT2D eigenvalue weighted by Gasteiger charge is 2.35. The zero-order valence-electron chi connectivity index (χ0n) is 12.8. The highest BCUT2D eigenvalue weighted by Crippen LogP contribution is 2.25. The number of nitrogens with zero attached hydrogens (tertiary/aromatic N) is 2. The van der Waals surface area contributed by atoms with Crippen LogP contribution >= 0.6 is 0 Å². The second-order valence-corrected chi connectivity index (χ2v) is 5.38. The lowest BCUT2D eigenvalue weighted by atomic mass is 10.1. The Balaban J connectivity index is 1.71. The number of ether oxygens (including phenoxy) is 1. The molecule has 24 heavy (non-hydrogen) atoms. The van der Waals surface area contributed by atoms with Crippen molar-refractivity contribution in [3.63, 3.8) is 0 Å². The Labute approximate surface area is 139 Å². The molecule has 0 unspecified atom stereocenters. The van der Waals surface area contributed by atoms with E-state index in [1.807, 2.05) is 36.4 Å². The average Bonchev–Trinajstić information content (AvgIpc) is 3.07. The maximum absolute atomic E-state index is 12.3. The Kier molecular flexibility index (Phi) is 4.56. The third kappa shape index (κ3) is 3.43. The summed E-state index contributed by atoms with van der Waals surface area (Å²) in [6, 6.07) is 11.8. The fourth-order valence-electron chi connectivity index (χ4n) is 2.54. The Morgan fingerprint density at radius 3 is 2.67 bits per heavy atom. The van der Waals surface area contributed by atoms with E-state index in [1.54, 1.807) is 24.5 Å². The molecule has 1 aromatic heterocycles. The molecule has 1 aliphatic rings. The Bertz CT molecular complexity index is 759. The number of pyridine rings is 1. The lowest BCUT2D eigenvalue weighted by molar-refractivity contribution is -0.140. The van der Waals surface area contributed by atoms with Crippen molar-refractivity contribution in [2.45, 2.75) is 12.6 Å². The van der Waals surface area contributed by atoms with Gasteiger partial charge in [0.25, 0.3) is 0 Å². The van der Waals surface area contributed by atoms with Crippen molar-refractivity contribution in [1.29, 1.82) is 0 Å². The highest BCUT2D eigenvalue weighted by atomic mass is 16.6. The minimum absolute atomic E-state index is 0.102. The number of benzene rings is 1. The molecule has 1 aliphatic heterocycles. The predicted molar refractivity (Wildman–Crippen MR) is 87.0 cm³/mol. The van der Waals surface area contributed by atoms with Gasteiger partial charge in [-0.2, -0.15) is 0 Å². The van der Waals surface area contributed by atoms with Crippen LogP contribution in [-0.4, -0.2) is 39.6 Å². The van der Waals surface area contributed by atoms with Gasteiger partial charge in [-0.3, -0.25) is 9.88 Å². The Morgan fingerprint density at radius 1 is 1.21 bits per heavy atom. The van der Waals surface area contributed by atoms with Crippen LogP contribution in [0.5, 0.6) is 0 Å². The molecular weight excluding hydrogens is 308 g/mol. The van der Waals surface area contributed by atoms with Gasteiger partial charge in [-0.1, -0.05) is 36.4 Å². The van der Waals surface area contributed by atoms with E-state index in [2.05, 4.69) is 4.98 Å². The fourth-order valence-corrected chi connectivity index (χ4v) is 2.54. The summed E-state index contributed by atoms with van der Waals surface area (Å²) >= 11 is 0. The minimum Gasteiger partial charge on any atom is -0.479 e. The SMILES string of the molecule is O=C(O)[C@@H]1C=C(c2cccnc2)CN1C(=O)OCc1ccccc1. The van der Waals surface area contributed by atoms with Gasteiger partial charge in [-0.25, -0.2) is 9.59 Å². The maximum atomic E-state index is 12.3. The van der Waals surface area contributed by atoms with Gasteiger partial charge in [-0.15, -0.1) is 0 Å². The van der Waals surface area contributed by atoms with Crippen molar-refractivity contribution in [3.05, 3.63) is 72.1 Å². The van der Waals surface area contributed by atoms with Crippen LogP contribution in [-0.2, 0) is 16.1 Å². The van der Waals surface area contributed by atoms with E-state index in [0.717, 1.165) is 16.7 Å². The van der Waals surface area contributed by atoms with Crippen LogP contribution in [0.15, 0.2) is 60.9 Å². The third-order valence-electron chi connectivity index (χ3n) is 3.76. The fraction of sp³-hybridized carbons (Fsp3) is 0.167. The number of carboxylic acid groups (broad SMARTS) is 1. The van der Waals surface area contributed by atoms with Crippen LogP contribution in [0.3, 0.4) is 0 Å². The maximum Gasteiger partial charge on any atom is 0.411 e. The quantitative estimate of drug-likeness (QED) is 0.935. The first-order valence-electron chi connectivity index (χ1n) is 7.46. The van der Waals surface area contributed by atoms with Gasteiger partial charge in [0.2, 0.25) is 0 Å². The van der Waals surface area contributed by atoms with Crippen LogP contribution in [0, 0.1) is 0 Å². The minimum atomic E-state index is -1.09. The van der Waals surface area contributed by atoms with E-state index in [4.69, 9.17) is 4.74 Å². The molecule has 122 valence electrons. The first-order chi connectivity index (χ1) is 11.6. The molecule has 3 rings (SSSR count). The summed E-state index contributed by atoms with van der Waals surface area (Å²) in [7, 11) is 0. The second-order valence-electron chi connectivity index (χ2n) is 5.38. The second kappa shape index (κ2) is 6.95. The van der Waals surface area contributed by atoms with Gasteiger partial charge in [0.05, 0.1) is 6.54 Å². The molecule has 0 fully saturated rings. The van der Waals surface area contributed by atoms with Gasteiger partial charge >= 0.3 is 12.1 Å². The first-order valence-corrected chi connectivity index (χ1v) is 7.46. The average molecular weight is 324 g/mol. The lowest BCUT2D eigenvalue weighted by Gasteiger charge is -2.21. The van der Waals surface area contributed by atoms with Gasteiger partial charge in [0.1, 0.15) is 6.61 Å². The molecule has 0 aliphatic carbocycles. The molecule has 2 aromatic rings. The summed E-state index contributed by atoms with van der Waals surface area (Å²) in [5, 5.41) is 9.37. The van der Waals surface area contributed by atoms with Crippen LogP contribution in [0.4, 0.5) is 4.79 Å². The number of carbonyl (C=O) groups excluding carboxylic acids is 1. The van der Waals surface area contributed by atoms with Gasteiger partial charge in [0, 0.05) is 12.4 Å². The topological polar surface area (TPSA) is 79.7 Å². The number of hydrogen-bond acceptors (Lipinski definition) is 4. The van der Waals surface area contributed by atoms with Crippen molar-refractivity contribution in [3.8, 4) is 0 Å². The van der Waals surface area contributed by atoms with E-state index in [1.165, 1.54) is 4.90 Å².